The molecular weight excluding hydrogens is 264 g/mol. The first kappa shape index (κ1) is 14.2. The molecule has 104 valence electrons. The predicted molar refractivity (Wildman–Crippen MR) is 76.6 cm³/mol. The summed E-state index contributed by atoms with van der Waals surface area (Å²) in [7, 11) is 0. The van der Waals surface area contributed by atoms with Crippen LogP contribution in [0, 0.1) is 6.92 Å². The summed E-state index contributed by atoms with van der Waals surface area (Å²) >= 11 is 6.00. The molecule has 0 saturated heterocycles. The van der Waals surface area contributed by atoms with Crippen LogP contribution in [-0.4, -0.2) is 23.3 Å². The maximum Gasteiger partial charge on any atom is 0.319 e. The number of amides is 2. The van der Waals surface area contributed by atoms with Crippen molar-refractivity contribution in [2.45, 2.75) is 38.2 Å². The number of urea groups is 1. The van der Waals surface area contributed by atoms with Crippen molar-refractivity contribution in [2.75, 3.05) is 11.9 Å². The number of carbonyl (C=O) groups excluding carboxylic acids is 1. The van der Waals surface area contributed by atoms with Crippen LogP contribution in [-0.2, 0) is 0 Å². The van der Waals surface area contributed by atoms with Crippen LogP contribution in [0.4, 0.5) is 10.5 Å². The SMILES string of the molecule is Cc1ccc(Cl)c(NC(=O)NCC2(O)CCCC2)c1. The summed E-state index contributed by atoms with van der Waals surface area (Å²) in [5.41, 5.74) is 0.861. The molecule has 1 fully saturated rings. The van der Waals surface area contributed by atoms with Crippen molar-refractivity contribution in [3.8, 4) is 0 Å². The summed E-state index contributed by atoms with van der Waals surface area (Å²) < 4.78 is 0. The molecule has 0 radical (unpaired) electrons. The third-order valence-corrected chi connectivity index (χ3v) is 3.81. The van der Waals surface area contributed by atoms with Crippen LogP contribution in [0.15, 0.2) is 18.2 Å². The lowest BCUT2D eigenvalue weighted by molar-refractivity contribution is 0.0506. The largest absolute Gasteiger partial charge is 0.388 e. The minimum absolute atomic E-state index is 0.280. The maximum atomic E-state index is 11.8. The fourth-order valence-corrected chi connectivity index (χ4v) is 2.52. The van der Waals surface area contributed by atoms with Crippen molar-refractivity contribution in [1.29, 1.82) is 0 Å². The van der Waals surface area contributed by atoms with Crippen molar-refractivity contribution in [3.05, 3.63) is 28.8 Å². The smallest absolute Gasteiger partial charge is 0.319 e. The highest BCUT2D eigenvalue weighted by atomic mass is 35.5. The van der Waals surface area contributed by atoms with Gasteiger partial charge in [0.15, 0.2) is 0 Å². The monoisotopic (exact) mass is 282 g/mol. The first-order chi connectivity index (χ1) is 8.98. The van der Waals surface area contributed by atoms with Crippen LogP contribution in [0.3, 0.4) is 0 Å². The van der Waals surface area contributed by atoms with Crippen LogP contribution >= 0.6 is 11.6 Å². The molecule has 0 aliphatic heterocycles. The van der Waals surface area contributed by atoms with Gasteiger partial charge >= 0.3 is 6.03 Å². The molecular formula is C14H19ClN2O2. The number of hydrogen-bond acceptors (Lipinski definition) is 2. The summed E-state index contributed by atoms with van der Waals surface area (Å²) in [6.07, 6.45) is 3.53. The zero-order chi connectivity index (χ0) is 13.9. The first-order valence-electron chi connectivity index (χ1n) is 6.52. The number of halogens is 1. The van der Waals surface area contributed by atoms with E-state index in [1.54, 1.807) is 6.07 Å². The van der Waals surface area contributed by atoms with Gasteiger partial charge in [-0.2, -0.15) is 0 Å². The molecule has 5 heteroatoms. The molecule has 19 heavy (non-hydrogen) atoms. The average Bonchev–Trinajstić information content (AvgIpc) is 2.79. The lowest BCUT2D eigenvalue weighted by atomic mass is 10.0. The molecule has 0 spiro atoms. The van der Waals surface area contributed by atoms with E-state index < -0.39 is 5.60 Å². The fourth-order valence-electron chi connectivity index (χ4n) is 2.36. The Morgan fingerprint density at radius 1 is 1.42 bits per heavy atom. The Balaban J connectivity index is 1.89. The van der Waals surface area contributed by atoms with E-state index in [4.69, 9.17) is 11.6 Å². The summed E-state index contributed by atoms with van der Waals surface area (Å²) in [6, 6.07) is 5.10. The van der Waals surface area contributed by atoms with Crippen LogP contribution in [0.2, 0.25) is 5.02 Å². The Kier molecular flexibility index (Phi) is 4.32. The van der Waals surface area contributed by atoms with E-state index in [1.165, 1.54) is 0 Å². The fraction of sp³-hybridized carbons (Fsp3) is 0.500. The molecule has 0 bridgehead atoms. The van der Waals surface area contributed by atoms with Gasteiger partial charge in [0.25, 0.3) is 0 Å². The van der Waals surface area contributed by atoms with E-state index in [0.29, 0.717) is 10.7 Å². The molecule has 1 saturated carbocycles. The van der Waals surface area contributed by atoms with E-state index >= 15 is 0 Å². The van der Waals surface area contributed by atoms with Crippen molar-refractivity contribution in [3.63, 3.8) is 0 Å². The van der Waals surface area contributed by atoms with Crippen LogP contribution in [0.1, 0.15) is 31.2 Å². The molecule has 0 atom stereocenters. The highest BCUT2D eigenvalue weighted by Crippen LogP contribution is 2.28. The topological polar surface area (TPSA) is 61.4 Å². The summed E-state index contributed by atoms with van der Waals surface area (Å²) in [5, 5.41) is 16.0. The minimum Gasteiger partial charge on any atom is -0.388 e. The Bertz CT molecular complexity index is 471. The zero-order valence-electron chi connectivity index (χ0n) is 11.0. The highest BCUT2D eigenvalue weighted by molar-refractivity contribution is 6.33. The zero-order valence-corrected chi connectivity index (χ0v) is 11.8. The summed E-state index contributed by atoms with van der Waals surface area (Å²) in [5.74, 6) is 0. The summed E-state index contributed by atoms with van der Waals surface area (Å²) in [6.45, 7) is 2.21. The van der Waals surface area contributed by atoms with Gasteiger partial charge in [-0.25, -0.2) is 4.79 Å². The number of anilines is 1. The molecule has 0 heterocycles. The van der Waals surface area contributed by atoms with Gasteiger partial charge in [0.05, 0.1) is 16.3 Å². The Hall–Kier alpha value is -1.26. The predicted octanol–water partition coefficient (Wildman–Crippen LogP) is 3.08. The van der Waals surface area contributed by atoms with E-state index in [-0.39, 0.29) is 12.6 Å². The molecule has 1 aliphatic carbocycles. The van der Waals surface area contributed by atoms with Crippen molar-refractivity contribution in [1.82, 2.24) is 5.32 Å². The Morgan fingerprint density at radius 3 is 2.79 bits per heavy atom. The molecule has 0 aromatic heterocycles. The normalized spacial score (nSPS) is 17.2. The van der Waals surface area contributed by atoms with Gasteiger partial charge in [-0.3, -0.25) is 0 Å². The van der Waals surface area contributed by atoms with E-state index in [9.17, 15) is 9.90 Å². The van der Waals surface area contributed by atoms with Gasteiger partial charge in [0.1, 0.15) is 0 Å². The maximum absolute atomic E-state index is 11.8. The van der Waals surface area contributed by atoms with E-state index in [1.807, 2.05) is 19.1 Å². The number of nitrogens with one attached hydrogen (secondary N) is 2. The van der Waals surface area contributed by atoms with Crippen molar-refractivity contribution >= 4 is 23.3 Å². The lowest BCUT2D eigenvalue weighted by Crippen LogP contribution is -2.42. The number of aryl methyl sites for hydroxylation is 1. The minimum atomic E-state index is -0.742. The number of aliphatic hydroxyl groups is 1. The molecule has 1 aromatic carbocycles. The van der Waals surface area contributed by atoms with E-state index in [2.05, 4.69) is 10.6 Å². The molecule has 0 unspecified atom stereocenters. The van der Waals surface area contributed by atoms with E-state index in [0.717, 1.165) is 31.2 Å². The van der Waals surface area contributed by atoms with Crippen LogP contribution in [0.5, 0.6) is 0 Å². The Morgan fingerprint density at radius 2 is 2.11 bits per heavy atom. The molecule has 2 rings (SSSR count). The highest BCUT2D eigenvalue weighted by Gasteiger charge is 2.31. The number of benzene rings is 1. The van der Waals surface area contributed by atoms with Crippen LogP contribution < -0.4 is 10.6 Å². The van der Waals surface area contributed by atoms with Gasteiger partial charge in [-0.05, 0) is 37.5 Å². The third kappa shape index (κ3) is 3.85. The molecule has 1 aliphatic rings. The van der Waals surface area contributed by atoms with Gasteiger partial charge in [0.2, 0.25) is 0 Å². The van der Waals surface area contributed by atoms with Crippen molar-refractivity contribution in [2.24, 2.45) is 0 Å². The third-order valence-electron chi connectivity index (χ3n) is 3.48. The average molecular weight is 283 g/mol. The van der Waals surface area contributed by atoms with Gasteiger partial charge < -0.3 is 15.7 Å². The first-order valence-corrected chi connectivity index (χ1v) is 6.90. The number of carbonyl (C=O) groups is 1. The van der Waals surface area contributed by atoms with Gasteiger partial charge in [0, 0.05) is 6.54 Å². The second-order valence-electron chi connectivity index (χ2n) is 5.22. The Labute approximate surface area is 118 Å². The number of rotatable bonds is 3. The lowest BCUT2D eigenvalue weighted by Gasteiger charge is -2.22. The number of hydrogen-bond donors (Lipinski definition) is 3. The summed E-state index contributed by atoms with van der Waals surface area (Å²) in [4.78, 5) is 11.8. The molecule has 2 amide bonds. The van der Waals surface area contributed by atoms with Crippen molar-refractivity contribution < 1.29 is 9.90 Å². The molecule has 4 nitrogen and oxygen atoms in total. The standard InChI is InChI=1S/C14H19ClN2O2/c1-10-4-5-11(15)12(8-10)17-13(18)16-9-14(19)6-2-3-7-14/h4-5,8,19H,2-3,6-7,9H2,1H3,(H2,16,17,18). The molecule has 3 N–H and O–H groups in total. The quantitative estimate of drug-likeness (QED) is 0.798. The van der Waals surface area contributed by atoms with Gasteiger partial charge in [-0.1, -0.05) is 30.5 Å². The van der Waals surface area contributed by atoms with Gasteiger partial charge in [-0.15, -0.1) is 0 Å². The molecule has 1 aromatic rings. The second-order valence-corrected chi connectivity index (χ2v) is 5.63. The second kappa shape index (κ2) is 5.80. The van der Waals surface area contributed by atoms with Crippen LogP contribution in [0.25, 0.3) is 0 Å².